The number of nitrogens with zero attached hydrogens (tertiary/aromatic N) is 1. The second kappa shape index (κ2) is 8.05. The number of fused-ring (bicyclic) bond motifs is 2. The van der Waals surface area contributed by atoms with E-state index in [1.54, 1.807) is 19.2 Å². The summed E-state index contributed by atoms with van der Waals surface area (Å²) in [6.07, 6.45) is 0.604. The van der Waals surface area contributed by atoms with Gasteiger partial charge in [-0.15, -0.1) is 0 Å². The van der Waals surface area contributed by atoms with Crippen LogP contribution in [0, 0.1) is 6.92 Å². The first-order valence-corrected chi connectivity index (χ1v) is 10.0. The van der Waals surface area contributed by atoms with E-state index in [1.165, 1.54) is 0 Å². The van der Waals surface area contributed by atoms with Crippen LogP contribution in [0.15, 0.2) is 30.3 Å². The third-order valence-electron chi connectivity index (χ3n) is 5.55. The molecule has 2 aliphatic rings. The predicted octanol–water partition coefficient (Wildman–Crippen LogP) is 2.83. The smallest absolute Gasteiger partial charge is 0.258 e. The Morgan fingerprint density at radius 2 is 2.03 bits per heavy atom. The molecule has 7 heteroatoms. The molecule has 2 aromatic carbocycles. The van der Waals surface area contributed by atoms with Crippen LogP contribution in [0.1, 0.15) is 37.4 Å². The van der Waals surface area contributed by atoms with Crippen molar-refractivity contribution in [3.63, 3.8) is 0 Å². The highest BCUT2D eigenvalue weighted by Crippen LogP contribution is 2.38. The van der Waals surface area contributed by atoms with Crippen molar-refractivity contribution in [2.45, 2.75) is 19.4 Å². The van der Waals surface area contributed by atoms with Crippen molar-refractivity contribution in [2.75, 3.05) is 33.4 Å². The lowest BCUT2D eigenvalue weighted by Crippen LogP contribution is -2.50. The Morgan fingerprint density at radius 3 is 2.76 bits per heavy atom. The molecule has 1 atom stereocenters. The Labute approximate surface area is 174 Å². The van der Waals surface area contributed by atoms with Crippen molar-refractivity contribution in [2.24, 2.45) is 0 Å². The lowest BCUT2D eigenvalue weighted by molar-refractivity contribution is -0.0109. The van der Waals surface area contributed by atoms with E-state index in [0.29, 0.717) is 54.7 Å². The minimum absolute atomic E-state index is 0.0658. The molecule has 4 rings (SSSR count). The van der Waals surface area contributed by atoms with Crippen LogP contribution in [0.5, 0.6) is 5.75 Å². The second-order valence-electron chi connectivity index (χ2n) is 7.34. The quantitative estimate of drug-likeness (QED) is 0.838. The average Bonchev–Trinajstić information content (AvgIpc) is 2.89. The highest BCUT2D eigenvalue weighted by Gasteiger charge is 2.35. The van der Waals surface area contributed by atoms with Crippen LogP contribution >= 0.6 is 11.6 Å². The topological polar surface area (TPSA) is 67.9 Å². The van der Waals surface area contributed by atoms with E-state index in [0.717, 1.165) is 16.7 Å². The summed E-state index contributed by atoms with van der Waals surface area (Å²) in [5.74, 6) is 0.273. The number of hydrogen-bond donors (Lipinski definition) is 1. The fourth-order valence-electron chi connectivity index (χ4n) is 3.79. The van der Waals surface area contributed by atoms with Gasteiger partial charge in [0, 0.05) is 19.2 Å². The molecule has 1 saturated heterocycles. The summed E-state index contributed by atoms with van der Waals surface area (Å²) < 4.78 is 11.4. The number of carbonyl (C=O) groups is 2. The zero-order valence-corrected chi connectivity index (χ0v) is 17.2. The zero-order valence-electron chi connectivity index (χ0n) is 16.5. The highest BCUT2D eigenvalue weighted by molar-refractivity contribution is 6.33. The van der Waals surface area contributed by atoms with Crippen LogP contribution in [0.2, 0.25) is 5.02 Å². The molecule has 0 unspecified atom stereocenters. The van der Waals surface area contributed by atoms with Crippen LogP contribution in [-0.4, -0.2) is 56.2 Å². The molecule has 1 N–H and O–H groups in total. The van der Waals surface area contributed by atoms with Gasteiger partial charge in [0.15, 0.2) is 5.75 Å². The normalized spacial score (nSPS) is 18.4. The molecular formula is C22H23ClN2O4. The van der Waals surface area contributed by atoms with Gasteiger partial charge in [-0.3, -0.25) is 9.59 Å². The molecule has 0 radical (unpaired) electrons. The van der Waals surface area contributed by atoms with E-state index in [4.69, 9.17) is 21.1 Å². The van der Waals surface area contributed by atoms with Gasteiger partial charge in [0.25, 0.3) is 11.8 Å². The van der Waals surface area contributed by atoms with Gasteiger partial charge >= 0.3 is 0 Å². The first-order valence-electron chi connectivity index (χ1n) is 9.64. The minimum atomic E-state index is -0.122. The average molecular weight is 415 g/mol. The van der Waals surface area contributed by atoms with Gasteiger partial charge in [-0.05, 0) is 48.2 Å². The van der Waals surface area contributed by atoms with E-state index in [9.17, 15) is 9.59 Å². The molecule has 0 bridgehead atoms. The van der Waals surface area contributed by atoms with Crippen LogP contribution in [-0.2, 0) is 11.2 Å². The van der Waals surface area contributed by atoms with Gasteiger partial charge in [-0.2, -0.15) is 0 Å². The molecule has 0 saturated carbocycles. The van der Waals surface area contributed by atoms with Crippen molar-refractivity contribution in [3.05, 3.63) is 63.2 Å². The number of amides is 2. The number of nitrogens with one attached hydrogen (secondary N) is 1. The molecule has 0 aliphatic carbocycles. The fourth-order valence-corrected chi connectivity index (χ4v) is 4.07. The number of hydrogen-bond acceptors (Lipinski definition) is 4. The van der Waals surface area contributed by atoms with Crippen LogP contribution in [0.25, 0.3) is 0 Å². The second-order valence-corrected chi connectivity index (χ2v) is 7.72. The molecule has 2 heterocycles. The van der Waals surface area contributed by atoms with Crippen LogP contribution in [0.4, 0.5) is 0 Å². The zero-order chi connectivity index (χ0) is 20.5. The third kappa shape index (κ3) is 3.70. The summed E-state index contributed by atoms with van der Waals surface area (Å²) in [7, 11) is 1.61. The molecule has 152 valence electrons. The van der Waals surface area contributed by atoms with Crippen molar-refractivity contribution in [3.8, 4) is 5.75 Å². The Morgan fingerprint density at radius 1 is 1.28 bits per heavy atom. The summed E-state index contributed by atoms with van der Waals surface area (Å²) in [4.78, 5) is 26.7. The number of halogens is 1. The molecule has 1 fully saturated rings. The Kier molecular flexibility index (Phi) is 5.48. The maximum atomic E-state index is 13.2. The summed E-state index contributed by atoms with van der Waals surface area (Å²) in [5.41, 5.74) is 4.00. The van der Waals surface area contributed by atoms with Crippen molar-refractivity contribution in [1.82, 2.24) is 10.2 Å². The Bertz CT molecular complexity index is 958. The first-order chi connectivity index (χ1) is 14.0. The first kappa shape index (κ1) is 19.7. The largest absolute Gasteiger partial charge is 0.489 e. The van der Waals surface area contributed by atoms with Crippen LogP contribution < -0.4 is 10.1 Å². The van der Waals surface area contributed by atoms with Gasteiger partial charge in [-0.1, -0.05) is 23.7 Å². The molecular weight excluding hydrogens is 392 g/mol. The summed E-state index contributed by atoms with van der Waals surface area (Å²) in [6, 6.07) is 9.21. The fraction of sp³-hybridized carbons (Fsp3) is 0.364. The summed E-state index contributed by atoms with van der Waals surface area (Å²) in [6.45, 7) is 3.86. The maximum absolute atomic E-state index is 13.2. The Balaban J connectivity index is 1.67. The summed E-state index contributed by atoms with van der Waals surface area (Å²) >= 11 is 6.62. The van der Waals surface area contributed by atoms with E-state index >= 15 is 0 Å². The highest BCUT2D eigenvalue weighted by atomic mass is 35.5. The molecule has 2 amide bonds. The predicted molar refractivity (Wildman–Crippen MR) is 110 cm³/mol. The third-order valence-corrected chi connectivity index (χ3v) is 6.01. The maximum Gasteiger partial charge on any atom is 0.258 e. The minimum Gasteiger partial charge on any atom is -0.489 e. The number of rotatable bonds is 3. The van der Waals surface area contributed by atoms with E-state index in [1.807, 2.05) is 30.0 Å². The van der Waals surface area contributed by atoms with Crippen molar-refractivity contribution >= 4 is 23.4 Å². The van der Waals surface area contributed by atoms with Gasteiger partial charge in [0.1, 0.15) is 6.61 Å². The summed E-state index contributed by atoms with van der Waals surface area (Å²) in [5, 5.41) is 3.09. The number of ether oxygens (including phenoxy) is 2. The number of carbonyl (C=O) groups excluding carboxylic acids is 2. The SMILES string of the molecule is CNC(=O)c1ccc(Cc2cc3c(c(Cl)c2C)OC[C@H]2COCCN2C3=O)cc1. The standard InChI is InChI=1S/C22H23ClN2O4/c1-13-16(9-14-3-5-15(6-4-14)21(26)24-2)10-18-20(19(13)23)29-12-17-11-28-8-7-25(17)22(18)27/h3-6,10,17H,7-9,11-12H2,1-2H3,(H,24,26)/t17-/m1/s1. The van der Waals surface area contributed by atoms with E-state index < -0.39 is 0 Å². The number of benzene rings is 2. The molecule has 29 heavy (non-hydrogen) atoms. The van der Waals surface area contributed by atoms with Gasteiger partial charge < -0.3 is 19.7 Å². The Hall–Kier alpha value is -2.57. The van der Waals surface area contributed by atoms with E-state index in [-0.39, 0.29) is 17.9 Å². The molecule has 2 aromatic rings. The van der Waals surface area contributed by atoms with Crippen molar-refractivity contribution < 1.29 is 19.1 Å². The monoisotopic (exact) mass is 414 g/mol. The van der Waals surface area contributed by atoms with Crippen LogP contribution in [0.3, 0.4) is 0 Å². The molecule has 6 nitrogen and oxygen atoms in total. The van der Waals surface area contributed by atoms with Crippen molar-refractivity contribution in [1.29, 1.82) is 0 Å². The van der Waals surface area contributed by atoms with E-state index in [2.05, 4.69) is 5.32 Å². The van der Waals surface area contributed by atoms with Gasteiger partial charge in [0.05, 0.1) is 29.8 Å². The lowest BCUT2D eigenvalue weighted by atomic mass is 9.96. The lowest BCUT2D eigenvalue weighted by Gasteiger charge is -2.33. The molecule has 0 spiro atoms. The molecule has 0 aromatic heterocycles. The molecule has 2 aliphatic heterocycles. The van der Waals surface area contributed by atoms with Gasteiger partial charge in [-0.25, -0.2) is 0 Å². The van der Waals surface area contributed by atoms with Gasteiger partial charge in [0.2, 0.25) is 0 Å². The number of morpholine rings is 1.